The van der Waals surface area contributed by atoms with Crippen molar-refractivity contribution in [2.75, 3.05) is 13.1 Å². The number of carbonyl (C=O) groups excluding carboxylic acids is 1. The third kappa shape index (κ3) is 4.65. The van der Waals surface area contributed by atoms with E-state index in [9.17, 15) is 14.7 Å². The van der Waals surface area contributed by atoms with Gasteiger partial charge in [0.15, 0.2) is 0 Å². The summed E-state index contributed by atoms with van der Waals surface area (Å²) >= 11 is 0. The number of rotatable bonds is 6. The Morgan fingerprint density at radius 2 is 2.05 bits per heavy atom. The second-order valence-corrected chi connectivity index (χ2v) is 4.25. The molecule has 0 aliphatic heterocycles. The molecule has 5 nitrogen and oxygen atoms in total. The molecule has 20 heavy (non-hydrogen) atoms. The Bertz CT molecular complexity index is 494. The van der Waals surface area contributed by atoms with Crippen LogP contribution in [0.2, 0.25) is 0 Å². The van der Waals surface area contributed by atoms with Crippen LogP contribution >= 0.6 is 0 Å². The van der Waals surface area contributed by atoms with E-state index in [-0.39, 0.29) is 13.0 Å². The first-order chi connectivity index (χ1) is 9.58. The largest absolute Gasteiger partial charge is 0.480 e. The van der Waals surface area contributed by atoms with Gasteiger partial charge in [-0.05, 0) is 12.5 Å². The van der Waals surface area contributed by atoms with Crippen LogP contribution in [0.25, 0.3) is 0 Å². The molecule has 106 valence electrons. The smallest absolute Gasteiger partial charge is 0.326 e. The summed E-state index contributed by atoms with van der Waals surface area (Å²) in [5.74, 6) is 1.30. The van der Waals surface area contributed by atoms with Crippen LogP contribution in [0.1, 0.15) is 12.5 Å². The number of urea groups is 1. The molecule has 0 aliphatic rings. The summed E-state index contributed by atoms with van der Waals surface area (Å²) in [7, 11) is 0. The molecule has 0 aliphatic carbocycles. The van der Waals surface area contributed by atoms with Crippen molar-refractivity contribution in [3.05, 3.63) is 35.9 Å². The number of terminal acetylenes is 1. The highest BCUT2D eigenvalue weighted by molar-refractivity contribution is 5.83. The molecule has 0 radical (unpaired) electrons. The van der Waals surface area contributed by atoms with Gasteiger partial charge in [0.05, 0.1) is 6.54 Å². The fourth-order valence-corrected chi connectivity index (χ4v) is 1.73. The molecular weight excluding hydrogens is 256 g/mol. The molecule has 0 fully saturated rings. The van der Waals surface area contributed by atoms with E-state index in [0.717, 1.165) is 5.56 Å². The maximum atomic E-state index is 11.9. The number of aliphatic carboxylic acids is 1. The zero-order valence-electron chi connectivity index (χ0n) is 11.4. The van der Waals surface area contributed by atoms with E-state index >= 15 is 0 Å². The number of hydrogen-bond donors (Lipinski definition) is 2. The van der Waals surface area contributed by atoms with Crippen LogP contribution in [-0.2, 0) is 11.2 Å². The van der Waals surface area contributed by atoms with E-state index in [0.29, 0.717) is 6.54 Å². The topological polar surface area (TPSA) is 69.6 Å². The van der Waals surface area contributed by atoms with Gasteiger partial charge in [0.25, 0.3) is 0 Å². The van der Waals surface area contributed by atoms with Gasteiger partial charge in [-0.25, -0.2) is 9.59 Å². The van der Waals surface area contributed by atoms with Gasteiger partial charge in [-0.2, -0.15) is 0 Å². The molecular formula is C15H18N2O3. The lowest BCUT2D eigenvalue weighted by Gasteiger charge is -2.22. The van der Waals surface area contributed by atoms with Crippen molar-refractivity contribution in [3.63, 3.8) is 0 Å². The molecule has 2 N–H and O–H groups in total. The van der Waals surface area contributed by atoms with E-state index in [1.807, 2.05) is 30.3 Å². The quantitative estimate of drug-likeness (QED) is 0.769. The molecule has 0 spiro atoms. The summed E-state index contributed by atoms with van der Waals surface area (Å²) in [5, 5.41) is 11.7. The van der Waals surface area contributed by atoms with E-state index in [2.05, 4.69) is 11.2 Å². The predicted octanol–water partition coefficient (Wildman–Crippen LogP) is 1.35. The first-order valence-electron chi connectivity index (χ1n) is 6.34. The van der Waals surface area contributed by atoms with Crippen molar-refractivity contribution in [3.8, 4) is 12.3 Å². The number of hydrogen-bond acceptors (Lipinski definition) is 2. The molecule has 0 aromatic heterocycles. The fourth-order valence-electron chi connectivity index (χ4n) is 1.73. The minimum Gasteiger partial charge on any atom is -0.480 e. The lowest BCUT2D eigenvalue weighted by atomic mass is 10.1. The standard InChI is InChI=1S/C15H18N2O3/c1-3-10-17(4-2)15(20)16-13(14(18)19)11-12-8-6-5-7-9-12/h1,5-9,13H,4,10-11H2,2H3,(H,16,20)(H,18,19)/t13-/m0/s1. The van der Waals surface area contributed by atoms with Crippen molar-refractivity contribution in [1.29, 1.82) is 0 Å². The lowest BCUT2D eigenvalue weighted by molar-refractivity contribution is -0.139. The number of amides is 2. The van der Waals surface area contributed by atoms with Crippen LogP contribution in [0.3, 0.4) is 0 Å². The summed E-state index contributed by atoms with van der Waals surface area (Å²) < 4.78 is 0. The highest BCUT2D eigenvalue weighted by atomic mass is 16.4. The fraction of sp³-hybridized carbons (Fsp3) is 0.333. The van der Waals surface area contributed by atoms with Crippen LogP contribution in [0.15, 0.2) is 30.3 Å². The van der Waals surface area contributed by atoms with Crippen molar-refractivity contribution < 1.29 is 14.7 Å². The van der Waals surface area contributed by atoms with E-state index in [1.165, 1.54) is 4.90 Å². The maximum Gasteiger partial charge on any atom is 0.326 e. The minimum absolute atomic E-state index is 0.153. The van der Waals surface area contributed by atoms with E-state index < -0.39 is 18.0 Å². The number of carboxylic acid groups (broad SMARTS) is 1. The third-order valence-corrected chi connectivity index (χ3v) is 2.83. The molecule has 0 saturated heterocycles. The molecule has 0 bridgehead atoms. The average Bonchev–Trinajstić information content (AvgIpc) is 2.44. The molecule has 1 rings (SSSR count). The molecule has 1 aromatic carbocycles. The van der Waals surface area contributed by atoms with Crippen LogP contribution in [0.5, 0.6) is 0 Å². The first kappa shape index (κ1) is 15.6. The third-order valence-electron chi connectivity index (χ3n) is 2.83. The van der Waals surface area contributed by atoms with Crippen molar-refractivity contribution in [2.24, 2.45) is 0 Å². The summed E-state index contributed by atoms with van der Waals surface area (Å²) in [6.07, 6.45) is 5.40. The molecule has 1 atom stereocenters. The van der Waals surface area contributed by atoms with Crippen molar-refractivity contribution in [2.45, 2.75) is 19.4 Å². The second-order valence-electron chi connectivity index (χ2n) is 4.25. The Morgan fingerprint density at radius 3 is 2.55 bits per heavy atom. The lowest BCUT2D eigenvalue weighted by Crippen LogP contribution is -2.49. The minimum atomic E-state index is -1.07. The average molecular weight is 274 g/mol. The van der Waals surface area contributed by atoms with Crippen molar-refractivity contribution >= 4 is 12.0 Å². The number of nitrogens with zero attached hydrogens (tertiary/aromatic N) is 1. The Kier molecular flexibility index (Phi) is 6.11. The van der Waals surface area contributed by atoms with Crippen molar-refractivity contribution in [1.82, 2.24) is 10.2 Å². The van der Waals surface area contributed by atoms with Gasteiger partial charge in [-0.15, -0.1) is 6.42 Å². The molecule has 0 heterocycles. The molecule has 0 unspecified atom stereocenters. The van der Waals surface area contributed by atoms with Crippen LogP contribution < -0.4 is 5.32 Å². The van der Waals surface area contributed by atoms with Crippen LogP contribution in [-0.4, -0.2) is 41.1 Å². The van der Waals surface area contributed by atoms with Gasteiger partial charge in [-0.1, -0.05) is 36.3 Å². The normalized spacial score (nSPS) is 11.2. The molecule has 0 saturated carbocycles. The van der Waals surface area contributed by atoms with Gasteiger partial charge < -0.3 is 15.3 Å². The number of nitrogens with one attached hydrogen (secondary N) is 1. The van der Waals surface area contributed by atoms with Gasteiger partial charge >= 0.3 is 12.0 Å². The maximum absolute atomic E-state index is 11.9. The Morgan fingerprint density at radius 1 is 1.40 bits per heavy atom. The number of carboxylic acids is 1. The molecule has 1 aromatic rings. The Labute approximate surface area is 118 Å². The van der Waals surface area contributed by atoms with Gasteiger partial charge in [0, 0.05) is 13.0 Å². The molecule has 2 amide bonds. The highest BCUT2D eigenvalue weighted by Crippen LogP contribution is 2.04. The number of benzene rings is 1. The summed E-state index contributed by atoms with van der Waals surface area (Å²) in [6, 6.07) is 7.70. The van der Waals surface area contributed by atoms with Gasteiger partial charge in [0.1, 0.15) is 6.04 Å². The highest BCUT2D eigenvalue weighted by Gasteiger charge is 2.22. The monoisotopic (exact) mass is 274 g/mol. The Hall–Kier alpha value is -2.48. The SMILES string of the molecule is C#CCN(CC)C(=O)N[C@@H](Cc1ccccc1)C(=O)O. The van der Waals surface area contributed by atoms with Crippen LogP contribution in [0.4, 0.5) is 4.79 Å². The Balaban J connectivity index is 2.71. The summed E-state index contributed by atoms with van der Waals surface area (Å²) in [6.45, 7) is 2.36. The molecule has 5 heteroatoms. The number of carbonyl (C=O) groups is 2. The zero-order chi connectivity index (χ0) is 15.0. The van der Waals surface area contributed by atoms with E-state index in [4.69, 9.17) is 6.42 Å². The van der Waals surface area contributed by atoms with Gasteiger partial charge in [-0.3, -0.25) is 0 Å². The van der Waals surface area contributed by atoms with Crippen LogP contribution in [0, 0.1) is 12.3 Å². The summed E-state index contributed by atoms with van der Waals surface area (Å²) in [4.78, 5) is 24.5. The predicted molar refractivity (Wildman–Crippen MR) is 76.2 cm³/mol. The van der Waals surface area contributed by atoms with E-state index in [1.54, 1.807) is 6.92 Å². The second kappa shape index (κ2) is 7.85. The first-order valence-corrected chi connectivity index (χ1v) is 6.34. The van der Waals surface area contributed by atoms with Gasteiger partial charge in [0.2, 0.25) is 0 Å². The summed E-state index contributed by atoms with van der Waals surface area (Å²) in [5.41, 5.74) is 0.847. The zero-order valence-corrected chi connectivity index (χ0v) is 11.4.